The molecule has 0 saturated carbocycles. The summed E-state index contributed by atoms with van der Waals surface area (Å²) in [6.45, 7) is 2.47. The highest BCUT2D eigenvalue weighted by Gasteiger charge is 2.19. The zero-order valence-corrected chi connectivity index (χ0v) is 17.2. The molecule has 0 spiro atoms. The van der Waals surface area contributed by atoms with Gasteiger partial charge in [0, 0.05) is 42.8 Å². The maximum Gasteiger partial charge on any atom is 0.227 e. The Kier molecular flexibility index (Phi) is 5.74. The van der Waals surface area contributed by atoms with Crippen LogP contribution in [0.15, 0.2) is 48.7 Å². The predicted octanol–water partition coefficient (Wildman–Crippen LogP) is 4.26. The van der Waals surface area contributed by atoms with Crippen LogP contribution in [0.3, 0.4) is 0 Å². The molecule has 5 heteroatoms. The number of methoxy groups -OCH3 is 2. The number of likely N-dealkylation sites (tertiary alicyclic amines) is 1. The zero-order valence-electron chi connectivity index (χ0n) is 17.2. The number of rotatable bonds is 6. The number of carbonyl (C=O) groups is 1. The van der Waals surface area contributed by atoms with Gasteiger partial charge < -0.3 is 18.9 Å². The molecule has 1 aromatic heterocycles. The van der Waals surface area contributed by atoms with Gasteiger partial charge in [0.25, 0.3) is 0 Å². The average Bonchev–Trinajstić information content (AvgIpc) is 3.11. The van der Waals surface area contributed by atoms with Gasteiger partial charge in [0.05, 0.1) is 20.6 Å². The summed E-state index contributed by atoms with van der Waals surface area (Å²) in [5.41, 5.74) is 3.32. The Labute approximate surface area is 171 Å². The van der Waals surface area contributed by atoms with Crippen LogP contribution in [0.4, 0.5) is 0 Å². The Hall–Kier alpha value is -2.95. The average molecular weight is 392 g/mol. The number of carbonyl (C=O) groups excluding carboxylic acids is 1. The van der Waals surface area contributed by atoms with Gasteiger partial charge in [0.15, 0.2) is 0 Å². The van der Waals surface area contributed by atoms with Crippen LogP contribution in [0.2, 0.25) is 0 Å². The van der Waals surface area contributed by atoms with E-state index in [0.717, 1.165) is 59.5 Å². The van der Waals surface area contributed by atoms with Crippen molar-refractivity contribution in [2.45, 2.75) is 32.2 Å². The molecule has 0 bridgehead atoms. The van der Waals surface area contributed by atoms with E-state index in [1.54, 1.807) is 14.2 Å². The lowest BCUT2D eigenvalue weighted by atomic mass is 10.1. The summed E-state index contributed by atoms with van der Waals surface area (Å²) in [4.78, 5) is 14.8. The lowest BCUT2D eigenvalue weighted by Crippen LogP contribution is -2.36. The van der Waals surface area contributed by atoms with E-state index in [9.17, 15) is 4.79 Å². The predicted molar refractivity (Wildman–Crippen MR) is 115 cm³/mol. The Bertz CT molecular complexity index is 980. The van der Waals surface area contributed by atoms with Crippen molar-refractivity contribution < 1.29 is 14.3 Å². The second-order valence-electron chi connectivity index (χ2n) is 7.64. The summed E-state index contributed by atoms with van der Waals surface area (Å²) in [5, 5.41) is 1.15. The number of amides is 1. The molecule has 0 unspecified atom stereocenters. The van der Waals surface area contributed by atoms with Crippen LogP contribution in [0.25, 0.3) is 10.9 Å². The topological polar surface area (TPSA) is 43.7 Å². The Morgan fingerprint density at radius 1 is 0.966 bits per heavy atom. The van der Waals surface area contributed by atoms with Gasteiger partial charge in [0.2, 0.25) is 5.91 Å². The Morgan fingerprint density at radius 3 is 2.34 bits per heavy atom. The minimum Gasteiger partial charge on any atom is -0.497 e. The van der Waals surface area contributed by atoms with Crippen molar-refractivity contribution in [1.82, 2.24) is 9.47 Å². The second kappa shape index (κ2) is 8.60. The van der Waals surface area contributed by atoms with E-state index in [2.05, 4.69) is 22.9 Å². The van der Waals surface area contributed by atoms with E-state index < -0.39 is 0 Å². The first-order chi connectivity index (χ1) is 14.2. The largest absolute Gasteiger partial charge is 0.497 e. The number of hydrogen-bond donors (Lipinski definition) is 0. The number of hydrogen-bond acceptors (Lipinski definition) is 3. The number of fused-ring (bicyclic) bond motifs is 1. The molecule has 0 radical (unpaired) electrons. The lowest BCUT2D eigenvalue weighted by molar-refractivity contribution is -0.131. The van der Waals surface area contributed by atoms with Gasteiger partial charge in [-0.3, -0.25) is 4.79 Å². The number of nitrogens with zero attached hydrogens (tertiary/aromatic N) is 2. The molecule has 0 aliphatic carbocycles. The zero-order chi connectivity index (χ0) is 20.2. The molecule has 3 aromatic rings. The third-order valence-electron chi connectivity index (χ3n) is 5.69. The first-order valence-corrected chi connectivity index (χ1v) is 10.2. The SMILES string of the molecule is COc1cc(Cn2cc(CC(=O)N3CCCCC3)c3ccccc32)cc(OC)c1. The van der Waals surface area contributed by atoms with Crippen molar-refractivity contribution in [3.63, 3.8) is 0 Å². The maximum absolute atomic E-state index is 12.8. The van der Waals surface area contributed by atoms with Gasteiger partial charge in [-0.25, -0.2) is 0 Å². The molecule has 5 nitrogen and oxygen atoms in total. The fraction of sp³-hybridized carbons (Fsp3) is 0.375. The van der Waals surface area contributed by atoms with E-state index in [1.807, 2.05) is 35.2 Å². The molecule has 2 aromatic carbocycles. The van der Waals surface area contributed by atoms with Crippen molar-refractivity contribution >= 4 is 16.8 Å². The van der Waals surface area contributed by atoms with Crippen molar-refractivity contribution in [3.05, 3.63) is 59.8 Å². The molecule has 1 amide bonds. The number of para-hydroxylation sites is 1. The molecular formula is C24H28N2O3. The van der Waals surface area contributed by atoms with E-state index >= 15 is 0 Å². The highest BCUT2D eigenvalue weighted by molar-refractivity contribution is 5.89. The summed E-state index contributed by atoms with van der Waals surface area (Å²) in [7, 11) is 3.32. The summed E-state index contributed by atoms with van der Waals surface area (Å²) in [5.74, 6) is 1.78. The Morgan fingerprint density at radius 2 is 1.66 bits per heavy atom. The van der Waals surface area contributed by atoms with Crippen LogP contribution in [-0.2, 0) is 17.8 Å². The normalized spacial score (nSPS) is 14.2. The summed E-state index contributed by atoms with van der Waals surface area (Å²) >= 11 is 0. The molecule has 0 N–H and O–H groups in total. The van der Waals surface area contributed by atoms with E-state index in [0.29, 0.717) is 13.0 Å². The van der Waals surface area contributed by atoms with Crippen LogP contribution >= 0.6 is 0 Å². The van der Waals surface area contributed by atoms with Crippen LogP contribution in [0.1, 0.15) is 30.4 Å². The van der Waals surface area contributed by atoms with Crippen molar-refractivity contribution in [2.24, 2.45) is 0 Å². The van der Waals surface area contributed by atoms with Gasteiger partial charge in [0.1, 0.15) is 11.5 Å². The quantitative estimate of drug-likeness (QED) is 0.630. The van der Waals surface area contributed by atoms with Gasteiger partial charge in [-0.05, 0) is 48.6 Å². The first-order valence-electron chi connectivity index (χ1n) is 10.2. The molecule has 0 atom stereocenters. The summed E-state index contributed by atoms with van der Waals surface area (Å²) in [6, 6.07) is 14.2. The third-order valence-corrected chi connectivity index (χ3v) is 5.69. The van der Waals surface area contributed by atoms with Gasteiger partial charge >= 0.3 is 0 Å². The summed E-state index contributed by atoms with van der Waals surface area (Å²) < 4.78 is 13.0. The third kappa shape index (κ3) is 4.24. The van der Waals surface area contributed by atoms with Gasteiger partial charge in [-0.2, -0.15) is 0 Å². The number of piperidine rings is 1. The first kappa shape index (κ1) is 19.4. The van der Waals surface area contributed by atoms with Crippen molar-refractivity contribution in [2.75, 3.05) is 27.3 Å². The molecule has 1 saturated heterocycles. The van der Waals surface area contributed by atoms with Crippen LogP contribution in [-0.4, -0.2) is 42.7 Å². The smallest absolute Gasteiger partial charge is 0.227 e. The monoisotopic (exact) mass is 392 g/mol. The molecule has 1 aliphatic rings. The minimum absolute atomic E-state index is 0.232. The number of ether oxygens (including phenoxy) is 2. The van der Waals surface area contributed by atoms with E-state index in [1.165, 1.54) is 6.42 Å². The van der Waals surface area contributed by atoms with Gasteiger partial charge in [-0.15, -0.1) is 0 Å². The number of benzene rings is 2. The van der Waals surface area contributed by atoms with E-state index in [-0.39, 0.29) is 5.91 Å². The fourth-order valence-electron chi connectivity index (χ4n) is 4.17. The fourth-order valence-corrected chi connectivity index (χ4v) is 4.17. The molecule has 4 rings (SSSR count). The standard InChI is InChI=1S/C24H28N2O3/c1-28-20-12-18(13-21(15-20)29-2)16-26-17-19(22-8-4-5-9-23(22)26)14-24(27)25-10-6-3-7-11-25/h4-5,8-9,12-13,15,17H,3,6-7,10-11,14,16H2,1-2H3. The van der Waals surface area contributed by atoms with Crippen molar-refractivity contribution in [1.29, 1.82) is 0 Å². The van der Waals surface area contributed by atoms with Crippen LogP contribution in [0, 0.1) is 0 Å². The molecule has 1 aliphatic heterocycles. The maximum atomic E-state index is 12.8. The molecule has 29 heavy (non-hydrogen) atoms. The second-order valence-corrected chi connectivity index (χ2v) is 7.64. The summed E-state index contributed by atoms with van der Waals surface area (Å²) in [6.07, 6.45) is 6.04. The number of aromatic nitrogens is 1. The minimum atomic E-state index is 0.232. The molecule has 152 valence electrons. The Balaban J connectivity index is 1.63. The van der Waals surface area contributed by atoms with Crippen LogP contribution in [0.5, 0.6) is 11.5 Å². The molecule has 1 fully saturated rings. The molecular weight excluding hydrogens is 364 g/mol. The highest BCUT2D eigenvalue weighted by atomic mass is 16.5. The van der Waals surface area contributed by atoms with E-state index in [4.69, 9.17) is 9.47 Å². The van der Waals surface area contributed by atoms with Crippen molar-refractivity contribution in [3.8, 4) is 11.5 Å². The lowest BCUT2D eigenvalue weighted by Gasteiger charge is -2.26. The van der Waals surface area contributed by atoms with Crippen LogP contribution < -0.4 is 9.47 Å². The molecule has 2 heterocycles. The van der Waals surface area contributed by atoms with Gasteiger partial charge in [-0.1, -0.05) is 18.2 Å². The highest BCUT2D eigenvalue weighted by Crippen LogP contribution is 2.27.